The molecule has 0 aliphatic rings. The van der Waals surface area contributed by atoms with Crippen LogP contribution in [-0.4, -0.2) is 25.2 Å². The second-order valence-corrected chi connectivity index (χ2v) is 14.7. The zero-order valence-corrected chi connectivity index (χ0v) is 32.7. The van der Waals surface area contributed by atoms with Gasteiger partial charge in [0.1, 0.15) is 0 Å². The van der Waals surface area contributed by atoms with E-state index in [1.54, 1.807) is 0 Å². The third-order valence-electron chi connectivity index (χ3n) is 9.84. The summed E-state index contributed by atoms with van der Waals surface area (Å²) in [5, 5.41) is 0. The van der Waals surface area contributed by atoms with Crippen molar-refractivity contribution in [2.75, 3.05) is 13.2 Å². The van der Waals surface area contributed by atoms with E-state index < -0.39 is 11.9 Å². The molecular formula is C44H84O4. The fraction of sp³-hybridized carbons (Fsp3) is 0.909. The Morgan fingerprint density at radius 1 is 0.292 bits per heavy atom. The minimum absolute atomic E-state index is 0.427. The average Bonchev–Trinajstić information content (AvgIpc) is 3.09. The molecule has 284 valence electrons. The van der Waals surface area contributed by atoms with Gasteiger partial charge in [0.15, 0.2) is 0 Å². The van der Waals surface area contributed by atoms with E-state index in [1.165, 1.54) is 218 Å². The molecule has 48 heavy (non-hydrogen) atoms. The Morgan fingerprint density at radius 2 is 0.458 bits per heavy atom. The van der Waals surface area contributed by atoms with Crippen molar-refractivity contribution in [1.82, 2.24) is 0 Å². The summed E-state index contributed by atoms with van der Waals surface area (Å²) >= 11 is 0. The van der Waals surface area contributed by atoms with Crippen molar-refractivity contribution in [1.29, 1.82) is 0 Å². The third-order valence-corrected chi connectivity index (χ3v) is 9.84. The zero-order chi connectivity index (χ0) is 34.9. The average molecular weight is 677 g/mol. The van der Waals surface area contributed by atoms with Gasteiger partial charge in [-0.1, -0.05) is 232 Å². The zero-order valence-electron chi connectivity index (χ0n) is 32.7. The van der Waals surface area contributed by atoms with Crippen LogP contribution in [0.3, 0.4) is 0 Å². The summed E-state index contributed by atoms with van der Waals surface area (Å²) in [5.41, 5.74) is 0. The van der Waals surface area contributed by atoms with Crippen LogP contribution < -0.4 is 0 Å². The van der Waals surface area contributed by atoms with Gasteiger partial charge in [0.2, 0.25) is 0 Å². The molecule has 0 aliphatic carbocycles. The van der Waals surface area contributed by atoms with Crippen molar-refractivity contribution < 1.29 is 19.1 Å². The smallest absolute Gasteiger partial charge is 0.331 e. The first-order valence-electron chi connectivity index (χ1n) is 21.7. The van der Waals surface area contributed by atoms with Gasteiger partial charge in [0, 0.05) is 12.2 Å². The molecule has 4 heteroatoms. The Bertz CT molecular complexity index is 617. The first-order chi connectivity index (χ1) is 23.7. The molecule has 0 aromatic heterocycles. The molecule has 0 spiro atoms. The molecule has 0 fully saturated rings. The molecular weight excluding hydrogens is 592 g/mol. The van der Waals surface area contributed by atoms with Gasteiger partial charge in [-0.3, -0.25) is 0 Å². The second kappa shape index (κ2) is 41.8. The topological polar surface area (TPSA) is 52.6 Å². The molecule has 0 heterocycles. The van der Waals surface area contributed by atoms with Crippen molar-refractivity contribution in [3.63, 3.8) is 0 Å². The van der Waals surface area contributed by atoms with Gasteiger partial charge >= 0.3 is 11.9 Å². The lowest BCUT2D eigenvalue weighted by Gasteiger charge is -2.05. The molecule has 0 bridgehead atoms. The lowest BCUT2D eigenvalue weighted by atomic mass is 10.0. The largest absolute Gasteiger partial charge is 0.463 e. The van der Waals surface area contributed by atoms with Gasteiger partial charge in [0.25, 0.3) is 0 Å². The van der Waals surface area contributed by atoms with Crippen LogP contribution in [0.15, 0.2) is 12.2 Å². The van der Waals surface area contributed by atoms with Gasteiger partial charge in [-0.05, 0) is 12.8 Å². The first kappa shape index (κ1) is 46.7. The highest BCUT2D eigenvalue weighted by molar-refractivity contribution is 5.91. The number of hydrogen-bond donors (Lipinski definition) is 0. The van der Waals surface area contributed by atoms with Gasteiger partial charge in [-0.2, -0.15) is 0 Å². The predicted octanol–water partition coefficient (Wildman–Crippen LogP) is 14.7. The molecule has 0 unspecified atom stereocenters. The maximum atomic E-state index is 11.9. The molecule has 0 aliphatic heterocycles. The molecule has 0 rings (SSSR count). The molecule has 0 saturated carbocycles. The van der Waals surface area contributed by atoms with Crippen LogP contribution in [-0.2, 0) is 19.1 Å². The molecule has 0 radical (unpaired) electrons. The fourth-order valence-corrected chi connectivity index (χ4v) is 6.59. The number of rotatable bonds is 40. The van der Waals surface area contributed by atoms with Crippen molar-refractivity contribution in [3.05, 3.63) is 12.2 Å². The Labute approximate surface area is 300 Å². The monoisotopic (exact) mass is 677 g/mol. The minimum Gasteiger partial charge on any atom is -0.463 e. The summed E-state index contributed by atoms with van der Waals surface area (Å²) < 4.78 is 10.5. The van der Waals surface area contributed by atoms with Gasteiger partial charge in [-0.25, -0.2) is 9.59 Å². The van der Waals surface area contributed by atoms with E-state index >= 15 is 0 Å². The van der Waals surface area contributed by atoms with Gasteiger partial charge < -0.3 is 9.47 Å². The highest BCUT2D eigenvalue weighted by Crippen LogP contribution is 2.16. The van der Waals surface area contributed by atoms with Crippen LogP contribution in [0.2, 0.25) is 0 Å². The van der Waals surface area contributed by atoms with E-state index in [-0.39, 0.29) is 0 Å². The molecule has 0 amide bonds. The molecule has 0 atom stereocenters. The third kappa shape index (κ3) is 40.9. The van der Waals surface area contributed by atoms with Crippen LogP contribution in [0.5, 0.6) is 0 Å². The summed E-state index contributed by atoms with van der Waals surface area (Å²) in [4.78, 5) is 23.7. The SMILES string of the molecule is CCCCCCCCCCCCCCCCCCCCOC(=O)/C=C/C(=O)OCCCCCCCCCCCCCCCCCCCC. The Hall–Kier alpha value is -1.32. The summed E-state index contributed by atoms with van der Waals surface area (Å²) in [6.07, 6.45) is 50.6. The highest BCUT2D eigenvalue weighted by Gasteiger charge is 2.02. The van der Waals surface area contributed by atoms with E-state index in [4.69, 9.17) is 9.47 Å². The number of carbonyl (C=O) groups excluding carboxylic acids is 2. The lowest BCUT2D eigenvalue weighted by Crippen LogP contribution is -2.06. The Balaban J connectivity index is 3.31. The van der Waals surface area contributed by atoms with Crippen LogP contribution in [0.1, 0.15) is 245 Å². The maximum Gasteiger partial charge on any atom is 0.331 e. The normalized spacial score (nSPS) is 11.5. The summed E-state index contributed by atoms with van der Waals surface area (Å²) in [6.45, 7) is 5.42. The lowest BCUT2D eigenvalue weighted by molar-refractivity contribution is -0.140. The van der Waals surface area contributed by atoms with E-state index in [9.17, 15) is 9.59 Å². The molecule has 4 nitrogen and oxygen atoms in total. The van der Waals surface area contributed by atoms with Crippen LogP contribution in [0.25, 0.3) is 0 Å². The maximum absolute atomic E-state index is 11.9. The number of esters is 2. The van der Waals surface area contributed by atoms with Crippen LogP contribution >= 0.6 is 0 Å². The molecule has 0 saturated heterocycles. The van der Waals surface area contributed by atoms with Crippen LogP contribution in [0.4, 0.5) is 0 Å². The summed E-state index contributed by atoms with van der Waals surface area (Å²) in [5.74, 6) is -0.904. The number of ether oxygens (including phenoxy) is 2. The van der Waals surface area contributed by atoms with E-state index in [0.717, 1.165) is 25.7 Å². The van der Waals surface area contributed by atoms with E-state index in [0.29, 0.717) is 13.2 Å². The van der Waals surface area contributed by atoms with Crippen molar-refractivity contribution in [3.8, 4) is 0 Å². The Kier molecular flexibility index (Phi) is 40.7. The predicted molar refractivity (Wildman–Crippen MR) is 209 cm³/mol. The minimum atomic E-state index is -0.452. The van der Waals surface area contributed by atoms with Crippen LogP contribution in [0, 0.1) is 0 Å². The number of hydrogen-bond acceptors (Lipinski definition) is 4. The second-order valence-electron chi connectivity index (χ2n) is 14.7. The van der Waals surface area contributed by atoms with Crippen molar-refractivity contribution in [2.24, 2.45) is 0 Å². The van der Waals surface area contributed by atoms with Crippen molar-refractivity contribution >= 4 is 11.9 Å². The van der Waals surface area contributed by atoms with Gasteiger partial charge in [0.05, 0.1) is 13.2 Å². The standard InChI is InChI=1S/C44H84O4/c1-3-5-7-9-11-13-15-17-19-21-23-25-27-29-31-33-35-37-41-47-43(45)39-40-44(46)48-42-38-36-34-32-30-28-26-24-22-20-18-16-14-12-10-8-6-4-2/h39-40H,3-38,41-42H2,1-2H3/b40-39+. The van der Waals surface area contributed by atoms with E-state index in [2.05, 4.69) is 13.8 Å². The molecule has 0 N–H and O–H groups in total. The fourth-order valence-electron chi connectivity index (χ4n) is 6.59. The number of carbonyl (C=O) groups is 2. The van der Waals surface area contributed by atoms with E-state index in [1.807, 2.05) is 0 Å². The summed E-state index contributed by atoms with van der Waals surface area (Å²) in [6, 6.07) is 0. The number of unbranched alkanes of at least 4 members (excludes halogenated alkanes) is 34. The van der Waals surface area contributed by atoms with Crippen molar-refractivity contribution in [2.45, 2.75) is 245 Å². The molecule has 0 aromatic rings. The quantitative estimate of drug-likeness (QED) is 0.0368. The van der Waals surface area contributed by atoms with Gasteiger partial charge in [-0.15, -0.1) is 0 Å². The first-order valence-corrected chi connectivity index (χ1v) is 21.7. The Morgan fingerprint density at radius 3 is 0.646 bits per heavy atom. The highest BCUT2D eigenvalue weighted by atomic mass is 16.5. The molecule has 0 aromatic carbocycles. The summed E-state index contributed by atoms with van der Waals surface area (Å²) in [7, 11) is 0.